The number of halogens is 1. The third-order valence-electron chi connectivity index (χ3n) is 3.42. The van der Waals surface area contributed by atoms with Crippen LogP contribution in [0.3, 0.4) is 0 Å². The first kappa shape index (κ1) is 15.9. The zero-order valence-corrected chi connectivity index (χ0v) is 14.1. The first-order chi connectivity index (χ1) is 9.73. The topological polar surface area (TPSA) is 37.4 Å². The van der Waals surface area contributed by atoms with Crippen LogP contribution in [0.2, 0.25) is 5.02 Å². The van der Waals surface area contributed by atoms with Crippen molar-refractivity contribution in [1.29, 1.82) is 0 Å². The zero-order chi connectivity index (χ0) is 15.8. The average Bonchev–Trinajstić information content (AvgIpc) is 2.37. The van der Waals surface area contributed by atoms with Gasteiger partial charge in [-0.05, 0) is 56.2 Å². The molecule has 0 aliphatic carbocycles. The molecule has 2 rings (SSSR count). The van der Waals surface area contributed by atoms with E-state index in [4.69, 9.17) is 11.6 Å². The molecule has 0 aliphatic rings. The van der Waals surface area contributed by atoms with Gasteiger partial charge in [-0.1, -0.05) is 29.3 Å². The second kappa shape index (κ2) is 5.70. The molecule has 112 valence electrons. The number of benzene rings is 2. The Balaban J connectivity index is 2.53. The number of aryl methyl sites for hydroxylation is 3. The molecule has 0 aromatic heterocycles. The SMILES string of the molecule is Cc1cc(C)c(N(C)S(=O)(=O)c2ccc(Cl)cc2)c(C)c1. The maximum Gasteiger partial charge on any atom is 0.264 e. The lowest BCUT2D eigenvalue weighted by Crippen LogP contribution is -2.28. The van der Waals surface area contributed by atoms with Crippen molar-refractivity contribution in [1.82, 2.24) is 0 Å². The Morgan fingerprint density at radius 1 is 0.952 bits per heavy atom. The molecule has 0 amide bonds. The van der Waals surface area contributed by atoms with E-state index >= 15 is 0 Å². The van der Waals surface area contributed by atoms with Gasteiger partial charge in [0.2, 0.25) is 0 Å². The fourth-order valence-electron chi connectivity index (χ4n) is 2.55. The van der Waals surface area contributed by atoms with E-state index in [0.29, 0.717) is 5.02 Å². The third kappa shape index (κ3) is 3.06. The molecular weight excluding hydrogens is 306 g/mol. The van der Waals surface area contributed by atoms with Crippen LogP contribution in [0.5, 0.6) is 0 Å². The normalized spacial score (nSPS) is 11.5. The van der Waals surface area contributed by atoms with Crippen LogP contribution in [0, 0.1) is 20.8 Å². The molecule has 5 heteroatoms. The highest BCUT2D eigenvalue weighted by Gasteiger charge is 2.23. The number of sulfonamides is 1. The van der Waals surface area contributed by atoms with E-state index in [9.17, 15) is 8.42 Å². The van der Waals surface area contributed by atoms with Crippen LogP contribution < -0.4 is 4.31 Å². The van der Waals surface area contributed by atoms with Crippen molar-refractivity contribution >= 4 is 27.3 Å². The maximum atomic E-state index is 12.7. The van der Waals surface area contributed by atoms with E-state index in [-0.39, 0.29) is 4.90 Å². The predicted molar refractivity (Wildman–Crippen MR) is 87.7 cm³/mol. The van der Waals surface area contributed by atoms with E-state index in [2.05, 4.69) is 0 Å². The van der Waals surface area contributed by atoms with Crippen molar-refractivity contribution in [3.05, 3.63) is 58.1 Å². The van der Waals surface area contributed by atoms with E-state index in [0.717, 1.165) is 22.4 Å². The van der Waals surface area contributed by atoms with Gasteiger partial charge in [0.1, 0.15) is 0 Å². The van der Waals surface area contributed by atoms with Gasteiger partial charge in [0.05, 0.1) is 10.6 Å². The van der Waals surface area contributed by atoms with Gasteiger partial charge in [-0.15, -0.1) is 0 Å². The van der Waals surface area contributed by atoms with Crippen molar-refractivity contribution in [3.8, 4) is 0 Å². The smallest absolute Gasteiger partial charge is 0.264 e. The summed E-state index contributed by atoms with van der Waals surface area (Å²) < 4.78 is 26.8. The predicted octanol–water partition coefficient (Wildman–Crippen LogP) is 4.09. The molecule has 0 aliphatic heterocycles. The van der Waals surface area contributed by atoms with Gasteiger partial charge in [-0.2, -0.15) is 0 Å². The fourth-order valence-corrected chi connectivity index (χ4v) is 4.00. The summed E-state index contributed by atoms with van der Waals surface area (Å²) in [5.41, 5.74) is 3.71. The van der Waals surface area contributed by atoms with Crippen LogP contribution in [-0.4, -0.2) is 15.5 Å². The van der Waals surface area contributed by atoms with Crippen molar-refractivity contribution in [3.63, 3.8) is 0 Å². The lowest BCUT2D eigenvalue weighted by molar-refractivity contribution is 0.594. The number of rotatable bonds is 3. The Hall–Kier alpha value is -1.52. The zero-order valence-electron chi connectivity index (χ0n) is 12.5. The minimum Gasteiger partial charge on any atom is -0.269 e. The van der Waals surface area contributed by atoms with Gasteiger partial charge in [-0.3, -0.25) is 4.31 Å². The van der Waals surface area contributed by atoms with E-state index in [1.54, 1.807) is 19.2 Å². The van der Waals surface area contributed by atoms with Crippen LogP contribution >= 0.6 is 11.6 Å². The summed E-state index contributed by atoms with van der Waals surface area (Å²) >= 11 is 5.82. The highest BCUT2D eigenvalue weighted by atomic mass is 35.5. The Kier molecular flexibility index (Phi) is 4.30. The van der Waals surface area contributed by atoms with Gasteiger partial charge in [-0.25, -0.2) is 8.42 Å². The van der Waals surface area contributed by atoms with Gasteiger partial charge >= 0.3 is 0 Å². The van der Waals surface area contributed by atoms with Gasteiger partial charge in [0, 0.05) is 12.1 Å². The maximum absolute atomic E-state index is 12.7. The second-order valence-electron chi connectivity index (χ2n) is 5.17. The van der Waals surface area contributed by atoms with Crippen molar-refractivity contribution in [2.24, 2.45) is 0 Å². The largest absolute Gasteiger partial charge is 0.269 e. The van der Waals surface area contributed by atoms with Gasteiger partial charge in [0.25, 0.3) is 10.0 Å². The molecule has 0 unspecified atom stereocenters. The number of anilines is 1. The summed E-state index contributed by atoms with van der Waals surface area (Å²) in [6, 6.07) is 10.2. The monoisotopic (exact) mass is 323 g/mol. The van der Waals surface area contributed by atoms with Crippen molar-refractivity contribution in [2.45, 2.75) is 25.7 Å². The first-order valence-corrected chi connectivity index (χ1v) is 8.37. The minimum absolute atomic E-state index is 0.230. The molecule has 0 heterocycles. The van der Waals surface area contributed by atoms with Crippen molar-refractivity contribution in [2.75, 3.05) is 11.4 Å². The molecule has 3 nitrogen and oxygen atoms in total. The Morgan fingerprint density at radius 3 is 1.90 bits per heavy atom. The third-order valence-corrected chi connectivity index (χ3v) is 5.45. The molecule has 0 saturated carbocycles. The van der Waals surface area contributed by atoms with E-state index in [1.807, 2.05) is 32.9 Å². The molecule has 0 saturated heterocycles. The quantitative estimate of drug-likeness (QED) is 0.853. The Bertz CT molecular complexity index is 744. The number of nitrogens with zero attached hydrogens (tertiary/aromatic N) is 1. The van der Waals surface area contributed by atoms with Crippen LogP contribution in [0.4, 0.5) is 5.69 Å². The summed E-state index contributed by atoms with van der Waals surface area (Å²) in [5.74, 6) is 0. The average molecular weight is 324 g/mol. The molecule has 2 aromatic rings. The summed E-state index contributed by atoms with van der Waals surface area (Å²) in [6.45, 7) is 5.84. The van der Waals surface area contributed by atoms with Crippen LogP contribution in [0.15, 0.2) is 41.3 Å². The molecule has 0 fully saturated rings. The lowest BCUT2D eigenvalue weighted by Gasteiger charge is -2.24. The second-order valence-corrected chi connectivity index (χ2v) is 7.58. The molecule has 2 aromatic carbocycles. The lowest BCUT2D eigenvalue weighted by atomic mass is 10.1. The molecule has 0 bridgehead atoms. The standard InChI is InChI=1S/C16H18ClNO2S/c1-11-9-12(2)16(13(3)10-11)18(4)21(19,20)15-7-5-14(17)6-8-15/h5-10H,1-4H3. The van der Waals surface area contributed by atoms with Gasteiger partial charge < -0.3 is 0 Å². The molecule has 0 spiro atoms. The van der Waals surface area contributed by atoms with Gasteiger partial charge in [0.15, 0.2) is 0 Å². The highest BCUT2D eigenvalue weighted by molar-refractivity contribution is 7.92. The Morgan fingerprint density at radius 2 is 1.43 bits per heavy atom. The first-order valence-electron chi connectivity index (χ1n) is 6.56. The summed E-state index contributed by atoms with van der Waals surface area (Å²) in [4.78, 5) is 0.230. The fraction of sp³-hybridized carbons (Fsp3) is 0.250. The summed E-state index contributed by atoms with van der Waals surface area (Å²) in [6.07, 6.45) is 0. The summed E-state index contributed by atoms with van der Waals surface area (Å²) in [5, 5.41) is 0.513. The molecular formula is C16H18ClNO2S. The molecule has 0 N–H and O–H groups in total. The van der Waals surface area contributed by atoms with Crippen LogP contribution in [0.25, 0.3) is 0 Å². The van der Waals surface area contributed by atoms with Crippen LogP contribution in [0.1, 0.15) is 16.7 Å². The van der Waals surface area contributed by atoms with E-state index in [1.165, 1.54) is 16.4 Å². The van der Waals surface area contributed by atoms with Crippen molar-refractivity contribution < 1.29 is 8.42 Å². The Labute approximate surface area is 131 Å². The number of hydrogen-bond acceptors (Lipinski definition) is 2. The van der Waals surface area contributed by atoms with E-state index < -0.39 is 10.0 Å². The summed E-state index contributed by atoms with van der Waals surface area (Å²) in [7, 11) is -2.01. The number of hydrogen-bond donors (Lipinski definition) is 0. The van der Waals surface area contributed by atoms with Crippen LogP contribution in [-0.2, 0) is 10.0 Å². The highest BCUT2D eigenvalue weighted by Crippen LogP contribution is 2.30. The molecule has 21 heavy (non-hydrogen) atoms. The molecule has 0 atom stereocenters. The molecule has 0 radical (unpaired) electrons. The minimum atomic E-state index is -3.59.